The zero-order valence-electron chi connectivity index (χ0n) is 16.8. The fraction of sp³-hybridized carbons (Fsp3) is 0.750. The van der Waals surface area contributed by atoms with Crippen LogP contribution >= 0.6 is 12.2 Å². The molecule has 1 aromatic heterocycles. The van der Waals surface area contributed by atoms with Crippen LogP contribution in [0, 0.1) is 0 Å². The van der Waals surface area contributed by atoms with Crippen molar-refractivity contribution in [1.29, 1.82) is 0 Å². The molecule has 0 unspecified atom stereocenters. The van der Waals surface area contributed by atoms with E-state index in [2.05, 4.69) is 33.4 Å². The van der Waals surface area contributed by atoms with Crippen molar-refractivity contribution < 1.29 is 4.74 Å². The van der Waals surface area contributed by atoms with Crippen LogP contribution in [0.1, 0.15) is 51.9 Å². The summed E-state index contributed by atoms with van der Waals surface area (Å²) in [5, 5.41) is 7.03. The summed E-state index contributed by atoms with van der Waals surface area (Å²) in [5.41, 5.74) is 0. The molecule has 0 spiro atoms. The van der Waals surface area contributed by atoms with Gasteiger partial charge in [-0.2, -0.15) is 9.97 Å². The van der Waals surface area contributed by atoms with Crippen LogP contribution in [-0.2, 0) is 4.74 Å². The first-order chi connectivity index (χ1) is 13.7. The maximum absolute atomic E-state index is 5.66. The normalized spacial score (nSPS) is 25.2. The Balaban J connectivity index is 1.48. The van der Waals surface area contributed by atoms with Gasteiger partial charge in [0, 0.05) is 44.9 Å². The lowest BCUT2D eigenvalue weighted by atomic mass is 10.0. The molecule has 7 nitrogen and oxygen atoms in total. The molecule has 2 N–H and O–H groups in total. The van der Waals surface area contributed by atoms with Crippen LogP contribution in [0.2, 0.25) is 0 Å². The second-order valence-corrected chi connectivity index (χ2v) is 8.52. The van der Waals surface area contributed by atoms with E-state index in [-0.39, 0.29) is 6.10 Å². The lowest BCUT2D eigenvalue weighted by Crippen LogP contribution is -2.39. The molecule has 8 heteroatoms. The van der Waals surface area contributed by atoms with Crippen molar-refractivity contribution in [3.8, 4) is 0 Å². The minimum Gasteiger partial charge on any atom is -0.376 e. The van der Waals surface area contributed by atoms with Gasteiger partial charge in [0.1, 0.15) is 11.6 Å². The van der Waals surface area contributed by atoms with Gasteiger partial charge in [-0.15, -0.1) is 0 Å². The van der Waals surface area contributed by atoms with E-state index < -0.39 is 0 Å². The lowest BCUT2D eigenvalue weighted by Gasteiger charge is -2.35. The van der Waals surface area contributed by atoms with E-state index in [0.29, 0.717) is 17.1 Å². The summed E-state index contributed by atoms with van der Waals surface area (Å²) in [6, 6.07) is 2.66. The fourth-order valence-electron chi connectivity index (χ4n) is 4.33. The van der Waals surface area contributed by atoms with Crippen molar-refractivity contribution in [3.05, 3.63) is 6.07 Å². The molecule has 0 aliphatic carbocycles. The van der Waals surface area contributed by atoms with Crippen LogP contribution in [-0.4, -0.2) is 60.0 Å². The molecule has 4 heterocycles. The minimum atomic E-state index is 0.251. The van der Waals surface area contributed by atoms with Gasteiger partial charge in [0.05, 0.1) is 6.10 Å². The first-order valence-electron chi connectivity index (χ1n) is 10.8. The number of ether oxygens (including phenoxy) is 1. The standard InChI is InChI=1S/C20H32N6OS/c1-15-7-2-3-11-26(15)18-13-17(25-9-4-5-10-25)22-19(23-18)24-20(28)21-14-16-8-6-12-27-16/h13,15-16H,2-12,14H2,1H3,(H2,21,22,23,24,28)/t15-,16-/m0/s1. The fourth-order valence-corrected chi connectivity index (χ4v) is 4.50. The Bertz CT molecular complexity index is 675. The summed E-state index contributed by atoms with van der Waals surface area (Å²) in [7, 11) is 0. The number of thiocarbonyl (C=S) groups is 1. The summed E-state index contributed by atoms with van der Waals surface area (Å²) >= 11 is 5.49. The predicted molar refractivity (Wildman–Crippen MR) is 117 cm³/mol. The van der Waals surface area contributed by atoms with E-state index in [4.69, 9.17) is 26.9 Å². The van der Waals surface area contributed by atoms with E-state index in [1.807, 2.05) is 0 Å². The molecule has 3 aliphatic rings. The molecule has 0 bridgehead atoms. The van der Waals surface area contributed by atoms with Crippen LogP contribution in [0.25, 0.3) is 0 Å². The maximum Gasteiger partial charge on any atom is 0.232 e. The number of rotatable bonds is 5. The van der Waals surface area contributed by atoms with Crippen LogP contribution < -0.4 is 20.4 Å². The number of nitrogens with zero attached hydrogens (tertiary/aromatic N) is 4. The van der Waals surface area contributed by atoms with Crippen molar-refractivity contribution in [3.63, 3.8) is 0 Å². The van der Waals surface area contributed by atoms with Gasteiger partial charge in [-0.25, -0.2) is 0 Å². The number of anilines is 3. The Morgan fingerprint density at radius 3 is 2.64 bits per heavy atom. The Kier molecular flexibility index (Phi) is 6.47. The smallest absolute Gasteiger partial charge is 0.232 e. The molecule has 3 fully saturated rings. The highest BCUT2D eigenvalue weighted by Crippen LogP contribution is 2.28. The SMILES string of the molecule is C[C@H]1CCCCN1c1cc(N2CCCC2)nc(NC(=S)NC[C@@H]2CCCO2)n1. The molecule has 28 heavy (non-hydrogen) atoms. The maximum atomic E-state index is 5.66. The highest BCUT2D eigenvalue weighted by Gasteiger charge is 2.23. The van der Waals surface area contributed by atoms with Crippen molar-refractivity contribution in [2.24, 2.45) is 0 Å². The van der Waals surface area contributed by atoms with Gasteiger partial charge in [-0.1, -0.05) is 0 Å². The van der Waals surface area contributed by atoms with Gasteiger partial charge >= 0.3 is 0 Å². The molecule has 1 aromatic rings. The molecule has 154 valence electrons. The van der Waals surface area contributed by atoms with Crippen LogP contribution in [0.15, 0.2) is 6.07 Å². The summed E-state index contributed by atoms with van der Waals surface area (Å²) in [5.74, 6) is 2.60. The monoisotopic (exact) mass is 404 g/mol. The van der Waals surface area contributed by atoms with Crippen LogP contribution in [0.3, 0.4) is 0 Å². The molecule has 0 amide bonds. The van der Waals surface area contributed by atoms with Crippen molar-refractivity contribution in [2.75, 3.05) is 47.9 Å². The van der Waals surface area contributed by atoms with Gasteiger partial charge in [0.25, 0.3) is 0 Å². The average Bonchev–Trinajstić information content (AvgIpc) is 3.40. The number of nitrogens with one attached hydrogen (secondary N) is 2. The zero-order valence-corrected chi connectivity index (χ0v) is 17.6. The van der Waals surface area contributed by atoms with Crippen LogP contribution in [0.4, 0.5) is 17.6 Å². The summed E-state index contributed by atoms with van der Waals surface area (Å²) in [6.07, 6.45) is 8.65. The number of hydrogen-bond acceptors (Lipinski definition) is 6. The predicted octanol–water partition coefficient (Wildman–Crippen LogP) is 2.92. The van der Waals surface area contributed by atoms with Gasteiger partial charge in [0.15, 0.2) is 5.11 Å². The Hall–Kier alpha value is -1.67. The van der Waals surface area contributed by atoms with E-state index >= 15 is 0 Å². The number of aromatic nitrogens is 2. The van der Waals surface area contributed by atoms with E-state index in [0.717, 1.165) is 57.3 Å². The molecular formula is C20H32N6OS. The van der Waals surface area contributed by atoms with Crippen molar-refractivity contribution in [2.45, 2.75) is 64.0 Å². The zero-order chi connectivity index (χ0) is 19.3. The minimum absolute atomic E-state index is 0.251. The molecular weight excluding hydrogens is 372 g/mol. The number of piperidine rings is 1. The largest absolute Gasteiger partial charge is 0.376 e. The topological polar surface area (TPSA) is 65.5 Å². The molecule has 3 saturated heterocycles. The van der Waals surface area contributed by atoms with Crippen molar-refractivity contribution >= 4 is 34.9 Å². The Morgan fingerprint density at radius 1 is 1.11 bits per heavy atom. The summed E-state index contributed by atoms with van der Waals surface area (Å²) < 4.78 is 5.66. The first-order valence-corrected chi connectivity index (χ1v) is 11.2. The third kappa shape index (κ3) is 4.84. The molecule has 0 aromatic carbocycles. The Morgan fingerprint density at radius 2 is 1.89 bits per heavy atom. The van der Waals surface area contributed by atoms with Gasteiger partial charge in [0.2, 0.25) is 5.95 Å². The Labute approximate surface area is 173 Å². The number of hydrogen-bond donors (Lipinski definition) is 2. The van der Waals surface area contributed by atoms with Gasteiger partial charge in [-0.05, 0) is 64.1 Å². The molecule has 0 saturated carbocycles. The van der Waals surface area contributed by atoms with E-state index in [1.165, 1.54) is 32.1 Å². The van der Waals surface area contributed by atoms with Gasteiger partial charge < -0.3 is 25.2 Å². The molecule has 0 radical (unpaired) electrons. The van der Waals surface area contributed by atoms with Crippen molar-refractivity contribution in [1.82, 2.24) is 15.3 Å². The quantitative estimate of drug-likeness (QED) is 0.727. The van der Waals surface area contributed by atoms with Crippen LogP contribution in [0.5, 0.6) is 0 Å². The first kappa shape index (κ1) is 19.6. The molecule has 2 atom stereocenters. The highest BCUT2D eigenvalue weighted by molar-refractivity contribution is 7.80. The van der Waals surface area contributed by atoms with E-state index in [9.17, 15) is 0 Å². The average molecular weight is 405 g/mol. The molecule has 4 rings (SSSR count). The van der Waals surface area contributed by atoms with E-state index in [1.54, 1.807) is 0 Å². The third-order valence-electron chi connectivity index (χ3n) is 5.97. The summed E-state index contributed by atoms with van der Waals surface area (Å²) in [6.45, 7) is 7.05. The van der Waals surface area contributed by atoms with Gasteiger partial charge in [-0.3, -0.25) is 0 Å². The second-order valence-electron chi connectivity index (χ2n) is 8.11. The molecule has 3 aliphatic heterocycles. The lowest BCUT2D eigenvalue weighted by molar-refractivity contribution is 0.114. The third-order valence-corrected chi connectivity index (χ3v) is 6.21. The second kappa shape index (κ2) is 9.22. The highest BCUT2D eigenvalue weighted by atomic mass is 32.1. The summed E-state index contributed by atoms with van der Waals surface area (Å²) in [4.78, 5) is 14.4.